The first-order chi connectivity index (χ1) is 13.9. The smallest absolute Gasteiger partial charge is 0.0417 e. The molecule has 0 amide bonds. The van der Waals surface area contributed by atoms with Crippen LogP contribution in [-0.4, -0.2) is 11.0 Å². The van der Waals surface area contributed by atoms with Gasteiger partial charge in [-0.3, -0.25) is 4.98 Å². The van der Waals surface area contributed by atoms with Gasteiger partial charge in [-0.05, 0) is 103 Å². The van der Waals surface area contributed by atoms with Crippen molar-refractivity contribution in [3.8, 4) is 0 Å². The first kappa shape index (κ1) is 19.1. The van der Waals surface area contributed by atoms with Crippen LogP contribution >= 0.6 is 0 Å². The Balaban J connectivity index is 1.41. The summed E-state index contributed by atoms with van der Waals surface area (Å²) in [6.45, 7) is 4.98. The topological polar surface area (TPSA) is 53.0 Å². The Kier molecular flexibility index (Phi) is 4.49. The lowest BCUT2D eigenvalue weighted by molar-refractivity contribution is -0.307. The number of nitrogens with zero attached hydrogens (tertiary/aromatic N) is 1. The van der Waals surface area contributed by atoms with Crippen LogP contribution in [0.4, 0.5) is 0 Å². The third kappa shape index (κ3) is 2.92. The number of hydrogen-bond acceptors (Lipinski definition) is 3. The number of carbonyl (C=O) groups excluding carboxylic acids is 1. The van der Waals surface area contributed by atoms with Crippen molar-refractivity contribution in [2.24, 2.45) is 34.5 Å². The van der Waals surface area contributed by atoms with Crippen LogP contribution in [0.3, 0.4) is 0 Å². The molecular weight excluding hydrogens is 358 g/mol. The second-order valence-corrected chi connectivity index (χ2v) is 10.5. The van der Waals surface area contributed by atoms with E-state index in [2.05, 4.69) is 43.1 Å². The third-order valence-electron chi connectivity index (χ3n) is 9.21. The lowest BCUT2D eigenvalue weighted by Crippen LogP contribution is -2.49. The Morgan fingerprint density at radius 3 is 2.72 bits per heavy atom. The standard InChI is InChI=1S/C26H33NO2/c1-25-11-9-17(15-24(28)29)14-19(25)5-6-20-22-8-7-21(18-4-3-13-27-16-18)26(22,2)12-10-23(20)25/h3-5,7,13,16-17,20,22-23H,6,8-12,14-15H2,1-2H3,(H,28,29)/p-1. The summed E-state index contributed by atoms with van der Waals surface area (Å²) in [6, 6.07) is 4.28. The van der Waals surface area contributed by atoms with E-state index in [1.54, 1.807) is 5.57 Å². The highest BCUT2D eigenvalue weighted by atomic mass is 16.4. The summed E-state index contributed by atoms with van der Waals surface area (Å²) in [7, 11) is 0. The summed E-state index contributed by atoms with van der Waals surface area (Å²) in [5.74, 6) is 1.58. The quantitative estimate of drug-likeness (QED) is 0.697. The number of aliphatic carboxylic acids is 1. The van der Waals surface area contributed by atoms with Crippen LogP contribution in [0.2, 0.25) is 0 Å². The minimum atomic E-state index is -0.888. The van der Waals surface area contributed by atoms with Gasteiger partial charge in [-0.1, -0.05) is 37.6 Å². The van der Waals surface area contributed by atoms with Gasteiger partial charge in [0.1, 0.15) is 0 Å². The zero-order chi connectivity index (χ0) is 20.2. The highest BCUT2D eigenvalue weighted by Crippen LogP contribution is 2.66. The SMILES string of the molecule is CC12CCC(CC(=O)[O-])CC1=CCC1C2CCC2(C)C(c3cccnc3)=CCC12. The molecule has 1 aromatic heterocycles. The van der Waals surface area contributed by atoms with E-state index in [0.717, 1.165) is 31.1 Å². The van der Waals surface area contributed by atoms with Gasteiger partial charge in [-0.2, -0.15) is 0 Å². The van der Waals surface area contributed by atoms with E-state index in [1.165, 1.54) is 36.8 Å². The Hall–Kier alpha value is -1.90. The monoisotopic (exact) mass is 390 g/mol. The van der Waals surface area contributed by atoms with Gasteiger partial charge in [0.15, 0.2) is 0 Å². The van der Waals surface area contributed by atoms with E-state index in [-0.39, 0.29) is 23.2 Å². The summed E-state index contributed by atoms with van der Waals surface area (Å²) < 4.78 is 0. The number of hydrogen-bond donors (Lipinski definition) is 0. The van der Waals surface area contributed by atoms with E-state index in [9.17, 15) is 9.90 Å². The van der Waals surface area contributed by atoms with Crippen LogP contribution in [0.1, 0.15) is 70.8 Å². The molecule has 2 saturated carbocycles. The number of fused-ring (bicyclic) bond motifs is 5. The molecule has 4 aliphatic rings. The number of carbonyl (C=O) groups is 1. The van der Waals surface area contributed by atoms with E-state index < -0.39 is 5.97 Å². The Morgan fingerprint density at radius 1 is 1.14 bits per heavy atom. The van der Waals surface area contributed by atoms with Crippen LogP contribution in [0.5, 0.6) is 0 Å². The summed E-state index contributed by atoms with van der Waals surface area (Å²) in [5.41, 5.74) is 4.91. The first-order valence-corrected chi connectivity index (χ1v) is 11.4. The molecule has 0 N–H and O–H groups in total. The molecule has 154 valence electrons. The highest BCUT2D eigenvalue weighted by molar-refractivity contribution is 5.72. The minimum Gasteiger partial charge on any atom is -0.550 e. The molecule has 0 aromatic carbocycles. The van der Waals surface area contributed by atoms with Crippen molar-refractivity contribution in [2.45, 2.75) is 65.2 Å². The van der Waals surface area contributed by atoms with Gasteiger partial charge in [0.2, 0.25) is 0 Å². The number of carboxylic acids is 1. The molecule has 0 aliphatic heterocycles. The molecule has 0 saturated heterocycles. The van der Waals surface area contributed by atoms with Crippen molar-refractivity contribution >= 4 is 11.5 Å². The van der Waals surface area contributed by atoms with Gasteiger partial charge in [0.25, 0.3) is 0 Å². The molecule has 1 aromatic rings. The third-order valence-corrected chi connectivity index (χ3v) is 9.21. The molecule has 29 heavy (non-hydrogen) atoms. The van der Waals surface area contributed by atoms with Crippen molar-refractivity contribution in [1.82, 2.24) is 4.98 Å². The summed E-state index contributed by atoms with van der Waals surface area (Å²) in [5, 5.41) is 11.1. The lowest BCUT2D eigenvalue weighted by Gasteiger charge is -2.58. The predicted octanol–water partition coefficient (Wildman–Crippen LogP) is 4.79. The van der Waals surface area contributed by atoms with Crippen LogP contribution in [0.25, 0.3) is 5.57 Å². The minimum absolute atomic E-state index is 0.223. The molecule has 3 heteroatoms. The molecule has 1 heterocycles. The molecule has 2 fully saturated rings. The fraction of sp³-hybridized carbons (Fsp3) is 0.615. The van der Waals surface area contributed by atoms with Gasteiger partial charge in [0.05, 0.1) is 0 Å². The Bertz CT molecular complexity index is 872. The second kappa shape index (κ2) is 6.82. The number of allylic oxidation sites excluding steroid dienone is 4. The van der Waals surface area contributed by atoms with Crippen molar-refractivity contribution in [2.75, 3.05) is 0 Å². The number of rotatable bonds is 3. The van der Waals surface area contributed by atoms with Crippen molar-refractivity contribution in [1.29, 1.82) is 0 Å². The highest BCUT2D eigenvalue weighted by Gasteiger charge is 2.56. The predicted molar refractivity (Wildman–Crippen MR) is 112 cm³/mol. The van der Waals surface area contributed by atoms with E-state index in [4.69, 9.17) is 0 Å². The van der Waals surface area contributed by atoms with E-state index in [1.807, 2.05) is 12.4 Å². The van der Waals surface area contributed by atoms with Crippen LogP contribution in [-0.2, 0) is 4.79 Å². The fourth-order valence-electron chi connectivity index (χ4n) is 7.68. The number of carboxylic acid groups (broad SMARTS) is 1. The van der Waals surface area contributed by atoms with Crippen LogP contribution < -0.4 is 5.11 Å². The summed E-state index contributed by atoms with van der Waals surface area (Å²) in [4.78, 5) is 15.5. The lowest BCUT2D eigenvalue weighted by atomic mass is 9.47. The van der Waals surface area contributed by atoms with E-state index >= 15 is 0 Å². The molecule has 6 atom stereocenters. The molecule has 0 spiro atoms. The average molecular weight is 391 g/mol. The van der Waals surface area contributed by atoms with Crippen molar-refractivity contribution in [3.05, 3.63) is 47.8 Å². The van der Waals surface area contributed by atoms with Gasteiger partial charge < -0.3 is 9.90 Å². The maximum atomic E-state index is 11.1. The summed E-state index contributed by atoms with van der Waals surface area (Å²) >= 11 is 0. The number of aromatic nitrogens is 1. The normalized spacial score (nSPS) is 40.9. The molecule has 5 rings (SSSR count). The van der Waals surface area contributed by atoms with E-state index in [0.29, 0.717) is 5.92 Å². The van der Waals surface area contributed by atoms with Crippen LogP contribution in [0, 0.1) is 34.5 Å². The Labute approximate surface area is 174 Å². The van der Waals surface area contributed by atoms with Gasteiger partial charge >= 0.3 is 0 Å². The average Bonchev–Trinajstić information content (AvgIpc) is 3.06. The maximum Gasteiger partial charge on any atom is 0.0417 e. The first-order valence-electron chi connectivity index (χ1n) is 11.4. The fourth-order valence-corrected chi connectivity index (χ4v) is 7.68. The largest absolute Gasteiger partial charge is 0.550 e. The summed E-state index contributed by atoms with van der Waals surface area (Å²) in [6.07, 6.45) is 17.2. The molecular formula is C26H32NO2-. The number of pyridine rings is 1. The van der Waals surface area contributed by atoms with Gasteiger partial charge in [-0.25, -0.2) is 0 Å². The van der Waals surface area contributed by atoms with Gasteiger partial charge in [0, 0.05) is 18.4 Å². The zero-order valence-corrected chi connectivity index (χ0v) is 17.7. The molecule has 3 nitrogen and oxygen atoms in total. The molecule has 6 unspecified atom stereocenters. The van der Waals surface area contributed by atoms with Gasteiger partial charge in [-0.15, -0.1) is 0 Å². The molecule has 0 radical (unpaired) electrons. The van der Waals surface area contributed by atoms with Crippen LogP contribution in [0.15, 0.2) is 42.3 Å². The second-order valence-electron chi connectivity index (χ2n) is 10.5. The molecule has 0 bridgehead atoms. The van der Waals surface area contributed by atoms with Crippen molar-refractivity contribution < 1.29 is 9.90 Å². The maximum absolute atomic E-state index is 11.1. The molecule has 4 aliphatic carbocycles. The van der Waals surface area contributed by atoms with Crippen molar-refractivity contribution in [3.63, 3.8) is 0 Å². The Morgan fingerprint density at radius 2 is 1.97 bits per heavy atom. The zero-order valence-electron chi connectivity index (χ0n) is 17.7.